The Balaban J connectivity index is 2.69. The normalized spacial score (nSPS) is 17.7. The molecule has 1 aliphatic rings. The highest BCUT2D eigenvalue weighted by Crippen LogP contribution is 2.35. The predicted octanol–water partition coefficient (Wildman–Crippen LogP) is 1.86. The molecule has 1 unspecified atom stereocenters. The van der Waals surface area contributed by atoms with Gasteiger partial charge in [-0.1, -0.05) is 12.1 Å². The highest BCUT2D eigenvalue weighted by molar-refractivity contribution is 7.80. The molecular formula is C13H11N3O6S. The Morgan fingerprint density at radius 2 is 2.04 bits per heavy atom. The van der Waals surface area contributed by atoms with Crippen molar-refractivity contribution >= 4 is 35.1 Å². The molecule has 23 heavy (non-hydrogen) atoms. The second kappa shape index (κ2) is 6.01. The fraction of sp³-hybridized carbons (Fsp3) is 0.154. The van der Waals surface area contributed by atoms with E-state index in [-0.39, 0.29) is 27.6 Å². The first-order valence-electron chi connectivity index (χ1n) is 6.25. The molecule has 120 valence electrons. The summed E-state index contributed by atoms with van der Waals surface area (Å²) in [5.41, 5.74) is -0.208. The summed E-state index contributed by atoms with van der Waals surface area (Å²) in [5.74, 6) is -1.35. The van der Waals surface area contributed by atoms with Crippen LogP contribution in [0.2, 0.25) is 0 Å². The van der Waals surface area contributed by atoms with Gasteiger partial charge in [-0.05, 0) is 24.7 Å². The molecule has 1 aromatic rings. The van der Waals surface area contributed by atoms with Crippen molar-refractivity contribution in [3.63, 3.8) is 0 Å². The minimum atomic E-state index is -1.47. The van der Waals surface area contributed by atoms with Gasteiger partial charge >= 0.3 is 12.1 Å². The number of carbonyl (C=O) groups is 2. The zero-order valence-corrected chi connectivity index (χ0v) is 12.5. The summed E-state index contributed by atoms with van der Waals surface area (Å²) in [6, 6.07) is 3.85. The van der Waals surface area contributed by atoms with E-state index in [0.717, 1.165) is 6.07 Å². The number of carboxylic acid groups (broad SMARTS) is 2. The first kappa shape index (κ1) is 16.4. The first-order chi connectivity index (χ1) is 10.7. The van der Waals surface area contributed by atoms with Crippen molar-refractivity contribution in [3.05, 3.63) is 51.2 Å². The number of nitro groups is 1. The van der Waals surface area contributed by atoms with Gasteiger partial charge in [0.2, 0.25) is 0 Å². The fourth-order valence-electron chi connectivity index (χ4n) is 2.34. The van der Waals surface area contributed by atoms with Gasteiger partial charge in [0.05, 0.1) is 10.5 Å². The molecule has 1 amide bonds. The maximum atomic E-state index is 11.5. The van der Waals surface area contributed by atoms with E-state index >= 15 is 0 Å². The van der Waals surface area contributed by atoms with Crippen LogP contribution in [0.3, 0.4) is 0 Å². The summed E-state index contributed by atoms with van der Waals surface area (Å²) >= 11 is 4.95. The second-order valence-electron chi connectivity index (χ2n) is 4.68. The van der Waals surface area contributed by atoms with Crippen LogP contribution in [0.25, 0.3) is 0 Å². The zero-order chi connectivity index (χ0) is 17.3. The quantitative estimate of drug-likeness (QED) is 0.432. The number of hydrogen-bond donors (Lipinski definition) is 3. The van der Waals surface area contributed by atoms with E-state index in [1.54, 1.807) is 0 Å². The summed E-state index contributed by atoms with van der Waals surface area (Å²) in [7, 11) is 0. The smallest absolute Gasteiger partial charge is 0.414 e. The minimum absolute atomic E-state index is 0.141. The molecule has 10 heteroatoms. The number of benzene rings is 1. The first-order valence-corrected chi connectivity index (χ1v) is 6.66. The lowest BCUT2D eigenvalue weighted by molar-refractivity contribution is -0.384. The van der Waals surface area contributed by atoms with E-state index in [4.69, 9.17) is 12.2 Å². The fourth-order valence-corrected chi connectivity index (χ4v) is 2.67. The third kappa shape index (κ3) is 2.97. The number of hydrogen-bond acceptors (Lipinski definition) is 5. The van der Waals surface area contributed by atoms with E-state index in [2.05, 4.69) is 5.32 Å². The molecule has 0 aliphatic carbocycles. The lowest BCUT2D eigenvalue weighted by atomic mass is 9.94. The number of nitro benzene ring substituents is 1. The number of aliphatic carboxylic acids is 1. The van der Waals surface area contributed by atoms with Gasteiger partial charge < -0.3 is 15.5 Å². The predicted molar refractivity (Wildman–Crippen MR) is 81.8 cm³/mol. The minimum Gasteiger partial charge on any atom is -0.478 e. The van der Waals surface area contributed by atoms with Crippen LogP contribution in [-0.2, 0) is 4.79 Å². The average Bonchev–Trinajstić information content (AvgIpc) is 2.45. The van der Waals surface area contributed by atoms with E-state index in [9.17, 15) is 29.9 Å². The number of nitrogens with zero attached hydrogens (tertiary/aromatic N) is 2. The molecule has 0 aromatic heterocycles. The number of carboxylic acids is 1. The Kier molecular flexibility index (Phi) is 4.27. The van der Waals surface area contributed by atoms with Crippen molar-refractivity contribution in [2.75, 3.05) is 0 Å². The second-order valence-corrected chi connectivity index (χ2v) is 5.07. The van der Waals surface area contributed by atoms with E-state index < -0.39 is 23.0 Å². The largest absolute Gasteiger partial charge is 0.478 e. The Hall–Kier alpha value is -3.01. The number of thiocarbonyl (C=S) groups is 1. The summed E-state index contributed by atoms with van der Waals surface area (Å²) in [5, 5.41) is 32.0. The van der Waals surface area contributed by atoms with Gasteiger partial charge in [-0.15, -0.1) is 0 Å². The van der Waals surface area contributed by atoms with E-state index in [1.165, 1.54) is 25.1 Å². The maximum absolute atomic E-state index is 11.5. The van der Waals surface area contributed by atoms with Crippen LogP contribution < -0.4 is 5.32 Å². The van der Waals surface area contributed by atoms with Crippen molar-refractivity contribution < 1.29 is 24.7 Å². The van der Waals surface area contributed by atoms with Crippen LogP contribution in [-0.4, -0.2) is 37.2 Å². The standard InChI is InChI=1S/C13H11N3O6S/c1-6-9(11(17)18)10(15(13(19)20)12(23)14-6)7-3-2-4-8(5-7)16(21)22/h2-5,10H,1H3,(H,14,23)(H,17,18)(H,19,20). The number of amides is 1. The van der Waals surface area contributed by atoms with Gasteiger partial charge in [0.15, 0.2) is 5.11 Å². The van der Waals surface area contributed by atoms with Crippen LogP contribution in [0.1, 0.15) is 18.5 Å². The van der Waals surface area contributed by atoms with Crippen LogP contribution in [0, 0.1) is 10.1 Å². The highest BCUT2D eigenvalue weighted by atomic mass is 32.1. The SMILES string of the molecule is CC1=C(C(=O)O)C(c2cccc([N+](=O)[O-])c2)N(C(=O)O)C(=S)N1. The van der Waals surface area contributed by atoms with Gasteiger partial charge in [-0.25, -0.2) is 14.5 Å². The highest BCUT2D eigenvalue weighted by Gasteiger charge is 2.40. The third-order valence-corrected chi connectivity index (χ3v) is 3.58. The number of nitrogens with one attached hydrogen (secondary N) is 1. The lowest BCUT2D eigenvalue weighted by Gasteiger charge is -2.35. The molecule has 9 nitrogen and oxygen atoms in total. The molecule has 0 bridgehead atoms. The number of allylic oxidation sites excluding steroid dienone is 1. The molecule has 0 radical (unpaired) electrons. The molecule has 1 aliphatic heterocycles. The topological polar surface area (TPSA) is 133 Å². The summed E-state index contributed by atoms with van der Waals surface area (Å²) < 4.78 is 0. The van der Waals surface area contributed by atoms with Gasteiger partial charge in [-0.3, -0.25) is 10.1 Å². The molecule has 0 saturated heterocycles. The Bertz CT molecular complexity index is 760. The molecule has 2 rings (SSSR count). The van der Waals surface area contributed by atoms with Gasteiger partial charge in [-0.2, -0.15) is 0 Å². The van der Waals surface area contributed by atoms with Crippen molar-refractivity contribution in [2.45, 2.75) is 13.0 Å². The summed E-state index contributed by atoms with van der Waals surface area (Å²) in [6.07, 6.45) is -1.47. The summed E-state index contributed by atoms with van der Waals surface area (Å²) in [4.78, 5) is 34.0. The zero-order valence-electron chi connectivity index (χ0n) is 11.7. The summed E-state index contributed by atoms with van der Waals surface area (Å²) in [6.45, 7) is 1.44. The molecule has 0 saturated carbocycles. The Morgan fingerprint density at radius 1 is 1.39 bits per heavy atom. The van der Waals surface area contributed by atoms with Crippen LogP contribution in [0.5, 0.6) is 0 Å². The van der Waals surface area contributed by atoms with Crippen LogP contribution in [0.15, 0.2) is 35.5 Å². The van der Waals surface area contributed by atoms with Crippen molar-refractivity contribution in [1.29, 1.82) is 0 Å². The number of rotatable bonds is 3. The molecule has 1 heterocycles. The molecule has 0 fully saturated rings. The van der Waals surface area contributed by atoms with Crippen LogP contribution in [0.4, 0.5) is 10.5 Å². The molecule has 3 N–H and O–H groups in total. The average molecular weight is 337 g/mol. The molecule has 0 spiro atoms. The monoisotopic (exact) mass is 337 g/mol. The Labute approximate surface area is 135 Å². The Morgan fingerprint density at radius 3 is 2.57 bits per heavy atom. The maximum Gasteiger partial charge on any atom is 0.414 e. The lowest BCUT2D eigenvalue weighted by Crippen LogP contribution is -2.50. The van der Waals surface area contributed by atoms with Crippen molar-refractivity contribution in [1.82, 2.24) is 10.2 Å². The van der Waals surface area contributed by atoms with Gasteiger partial charge in [0.25, 0.3) is 5.69 Å². The van der Waals surface area contributed by atoms with Crippen molar-refractivity contribution in [2.24, 2.45) is 0 Å². The van der Waals surface area contributed by atoms with Crippen molar-refractivity contribution in [3.8, 4) is 0 Å². The molecular weight excluding hydrogens is 326 g/mol. The molecule has 1 aromatic carbocycles. The third-order valence-electron chi connectivity index (χ3n) is 3.28. The number of non-ortho nitro benzene ring substituents is 1. The van der Waals surface area contributed by atoms with Gasteiger partial charge in [0.1, 0.15) is 6.04 Å². The van der Waals surface area contributed by atoms with Gasteiger partial charge in [0, 0.05) is 17.8 Å². The van der Waals surface area contributed by atoms with E-state index in [1.807, 2.05) is 0 Å². The van der Waals surface area contributed by atoms with E-state index in [0.29, 0.717) is 4.90 Å². The van der Waals surface area contributed by atoms with Crippen LogP contribution >= 0.6 is 12.2 Å². The molecule has 1 atom stereocenters.